The highest BCUT2D eigenvalue weighted by atomic mass is 16.5. The molecule has 28 heavy (non-hydrogen) atoms. The Bertz CT molecular complexity index is 781. The highest BCUT2D eigenvalue weighted by Gasteiger charge is 2.55. The molecule has 0 aromatic heterocycles. The molecule has 8 nitrogen and oxygen atoms in total. The number of ether oxygens (including phenoxy) is 1. The Morgan fingerprint density at radius 2 is 2.11 bits per heavy atom. The van der Waals surface area contributed by atoms with E-state index in [1.165, 1.54) is 4.90 Å². The van der Waals surface area contributed by atoms with E-state index < -0.39 is 23.6 Å². The quantitative estimate of drug-likeness (QED) is 0.684. The zero-order chi connectivity index (χ0) is 20.5. The second kappa shape index (κ2) is 7.89. The number of carbonyl (C=O) groups is 3. The van der Waals surface area contributed by atoms with Crippen LogP contribution in [0, 0.1) is 5.92 Å². The lowest BCUT2D eigenvalue weighted by atomic mass is 9.98. The van der Waals surface area contributed by atoms with Gasteiger partial charge in [-0.2, -0.15) is 0 Å². The zero-order valence-corrected chi connectivity index (χ0v) is 16.5. The van der Waals surface area contributed by atoms with Crippen LogP contribution in [0.3, 0.4) is 0 Å². The third kappa shape index (κ3) is 3.74. The Morgan fingerprint density at radius 3 is 2.75 bits per heavy atom. The number of hydrogen-bond acceptors (Lipinski definition) is 5. The third-order valence-corrected chi connectivity index (χ3v) is 5.47. The predicted molar refractivity (Wildman–Crippen MR) is 104 cm³/mol. The summed E-state index contributed by atoms with van der Waals surface area (Å²) in [7, 11) is 1.71. The van der Waals surface area contributed by atoms with Crippen molar-refractivity contribution in [3.8, 4) is 0 Å². The lowest BCUT2D eigenvalue weighted by molar-refractivity contribution is -0.144. The predicted octanol–water partition coefficient (Wildman–Crippen LogP) is 0.614. The van der Waals surface area contributed by atoms with Crippen molar-refractivity contribution >= 4 is 23.4 Å². The average molecular weight is 388 g/mol. The van der Waals surface area contributed by atoms with Crippen LogP contribution in [0.2, 0.25) is 0 Å². The molecule has 152 valence electrons. The molecule has 0 bridgehead atoms. The van der Waals surface area contributed by atoms with Gasteiger partial charge in [-0.05, 0) is 25.5 Å². The molecule has 1 aromatic carbocycles. The van der Waals surface area contributed by atoms with Gasteiger partial charge in [0.25, 0.3) is 5.91 Å². The summed E-state index contributed by atoms with van der Waals surface area (Å²) in [6.45, 7) is 4.25. The fourth-order valence-electron chi connectivity index (χ4n) is 3.93. The summed E-state index contributed by atoms with van der Waals surface area (Å²) in [4.78, 5) is 39.7. The van der Waals surface area contributed by atoms with Crippen LogP contribution < -0.4 is 16.4 Å². The van der Waals surface area contributed by atoms with Crippen molar-refractivity contribution in [1.29, 1.82) is 0 Å². The fraction of sp³-hybridized carbons (Fsp3) is 0.550. The molecule has 2 heterocycles. The van der Waals surface area contributed by atoms with Crippen molar-refractivity contribution < 1.29 is 19.1 Å². The van der Waals surface area contributed by atoms with Gasteiger partial charge in [-0.15, -0.1) is 0 Å². The number of nitrogens with zero attached hydrogens (tertiary/aromatic N) is 1. The number of amides is 3. The molecule has 1 fully saturated rings. The van der Waals surface area contributed by atoms with Crippen LogP contribution in [0.15, 0.2) is 24.3 Å². The van der Waals surface area contributed by atoms with Gasteiger partial charge in [-0.3, -0.25) is 14.4 Å². The van der Waals surface area contributed by atoms with E-state index >= 15 is 0 Å². The summed E-state index contributed by atoms with van der Waals surface area (Å²) in [6, 6.07) is 6.03. The number of benzene rings is 1. The summed E-state index contributed by atoms with van der Waals surface area (Å²) in [5.74, 6) is -0.946. The average Bonchev–Trinajstić information content (AvgIpc) is 3.00. The van der Waals surface area contributed by atoms with Crippen molar-refractivity contribution in [3.05, 3.63) is 29.8 Å². The summed E-state index contributed by atoms with van der Waals surface area (Å²) < 4.78 is 6.01. The first-order valence-corrected chi connectivity index (χ1v) is 9.58. The molecular weight excluding hydrogens is 360 g/mol. The Hall–Kier alpha value is -2.45. The number of rotatable bonds is 5. The number of likely N-dealkylation sites (N-methyl/N-ethyl adjacent to an activating group) is 1. The molecule has 1 saturated heterocycles. The Balaban J connectivity index is 1.88. The van der Waals surface area contributed by atoms with Crippen LogP contribution in [-0.4, -0.2) is 53.9 Å². The number of likely N-dealkylation sites (tertiary alicyclic amines) is 1. The van der Waals surface area contributed by atoms with Gasteiger partial charge in [0.1, 0.15) is 6.04 Å². The molecule has 3 amide bonds. The number of carbonyl (C=O) groups excluding carboxylic acids is 3. The van der Waals surface area contributed by atoms with Crippen LogP contribution in [0.25, 0.3) is 0 Å². The van der Waals surface area contributed by atoms with Gasteiger partial charge < -0.3 is 26.0 Å². The number of fused-ring (bicyclic) bond motifs is 1. The van der Waals surface area contributed by atoms with Gasteiger partial charge in [0.2, 0.25) is 11.8 Å². The molecule has 0 aliphatic carbocycles. The number of para-hydroxylation sites is 1. The molecule has 0 radical (unpaired) electrons. The van der Waals surface area contributed by atoms with E-state index in [1.807, 2.05) is 32.0 Å². The maximum atomic E-state index is 13.1. The Kier molecular flexibility index (Phi) is 5.71. The van der Waals surface area contributed by atoms with Crippen LogP contribution in [0.5, 0.6) is 0 Å². The summed E-state index contributed by atoms with van der Waals surface area (Å²) in [6.07, 6.45) is 0.662. The maximum Gasteiger partial charge on any atom is 0.258 e. The molecule has 3 rings (SSSR count). The number of primary amides is 1. The van der Waals surface area contributed by atoms with Gasteiger partial charge in [0.05, 0.1) is 19.2 Å². The zero-order valence-electron chi connectivity index (χ0n) is 16.5. The number of nitrogens with two attached hydrogens (primary N) is 1. The lowest BCUT2D eigenvalue weighted by Gasteiger charge is -2.29. The molecular formula is C20H28N4O4. The molecule has 2 aliphatic heterocycles. The summed E-state index contributed by atoms with van der Waals surface area (Å²) >= 11 is 0. The second-order valence-electron chi connectivity index (χ2n) is 7.95. The van der Waals surface area contributed by atoms with E-state index in [0.717, 1.165) is 5.56 Å². The molecule has 8 heteroatoms. The van der Waals surface area contributed by atoms with Crippen LogP contribution in [-0.2, 0) is 25.7 Å². The Morgan fingerprint density at radius 1 is 1.39 bits per heavy atom. The van der Waals surface area contributed by atoms with Gasteiger partial charge in [-0.1, -0.05) is 32.0 Å². The van der Waals surface area contributed by atoms with Gasteiger partial charge in [0.15, 0.2) is 5.60 Å². The molecule has 2 aliphatic rings. The minimum atomic E-state index is -1.30. The molecule has 1 aromatic rings. The second-order valence-corrected chi connectivity index (χ2v) is 7.95. The summed E-state index contributed by atoms with van der Waals surface area (Å²) in [5.41, 5.74) is 5.81. The van der Waals surface area contributed by atoms with Crippen LogP contribution in [0.1, 0.15) is 32.3 Å². The number of nitrogens with one attached hydrogen (secondary N) is 2. The van der Waals surface area contributed by atoms with Crippen LogP contribution >= 0.6 is 0 Å². The third-order valence-electron chi connectivity index (χ3n) is 5.47. The van der Waals surface area contributed by atoms with Crippen LogP contribution in [0.4, 0.5) is 5.69 Å². The van der Waals surface area contributed by atoms with Gasteiger partial charge in [0, 0.05) is 17.7 Å². The number of anilines is 1. The topological polar surface area (TPSA) is 114 Å². The minimum Gasteiger partial charge on any atom is -0.368 e. The fourth-order valence-corrected chi connectivity index (χ4v) is 3.93. The number of hydrogen-bond donors (Lipinski definition) is 3. The molecule has 1 spiro atoms. The molecule has 4 N–H and O–H groups in total. The molecule has 0 saturated carbocycles. The largest absolute Gasteiger partial charge is 0.368 e. The molecule has 3 atom stereocenters. The van der Waals surface area contributed by atoms with Crippen molar-refractivity contribution in [2.75, 3.05) is 18.9 Å². The van der Waals surface area contributed by atoms with E-state index in [-0.39, 0.29) is 37.3 Å². The van der Waals surface area contributed by atoms with E-state index in [9.17, 15) is 14.4 Å². The summed E-state index contributed by atoms with van der Waals surface area (Å²) in [5, 5.41) is 5.89. The lowest BCUT2D eigenvalue weighted by Crippen LogP contribution is -2.52. The molecule has 1 unspecified atom stereocenters. The smallest absolute Gasteiger partial charge is 0.258 e. The van der Waals surface area contributed by atoms with Crippen molar-refractivity contribution in [3.63, 3.8) is 0 Å². The van der Waals surface area contributed by atoms with Crippen molar-refractivity contribution in [2.45, 2.75) is 51.0 Å². The van der Waals surface area contributed by atoms with Crippen molar-refractivity contribution in [2.24, 2.45) is 11.7 Å². The first-order valence-electron chi connectivity index (χ1n) is 9.58. The van der Waals surface area contributed by atoms with E-state index in [2.05, 4.69) is 10.6 Å². The normalized spacial score (nSPS) is 25.4. The highest BCUT2D eigenvalue weighted by Crippen LogP contribution is 2.36. The first kappa shape index (κ1) is 20.3. The minimum absolute atomic E-state index is 0.00443. The monoisotopic (exact) mass is 388 g/mol. The SMILES string of the molecule is CN[C@@H](CC(C)C)C(=O)N1CC2(C[C@H]1C(N)=O)OCc1ccccc1NC2=O. The maximum absolute atomic E-state index is 13.1. The van der Waals surface area contributed by atoms with Gasteiger partial charge in [-0.25, -0.2) is 0 Å². The van der Waals surface area contributed by atoms with Gasteiger partial charge >= 0.3 is 0 Å². The highest BCUT2D eigenvalue weighted by molar-refractivity contribution is 6.01. The van der Waals surface area contributed by atoms with E-state index in [4.69, 9.17) is 10.5 Å². The van der Waals surface area contributed by atoms with E-state index in [1.54, 1.807) is 13.1 Å². The first-order chi connectivity index (χ1) is 13.3. The van der Waals surface area contributed by atoms with E-state index in [0.29, 0.717) is 12.1 Å². The van der Waals surface area contributed by atoms with Crippen molar-refractivity contribution in [1.82, 2.24) is 10.2 Å². The standard InChI is InChI=1S/C20H28N4O4/c1-12(2)8-15(22-3)18(26)24-11-20(9-16(24)17(21)25)19(27)23-14-7-5-4-6-13(14)10-28-20/h4-7,12,15-16,22H,8-11H2,1-3H3,(H2,21,25)(H,23,27)/t15-,16-,20?/m0/s1. The Labute approximate surface area is 164 Å².